The van der Waals surface area contributed by atoms with Gasteiger partial charge < -0.3 is 14.7 Å². The first-order valence-electron chi connectivity index (χ1n) is 9.53. The Kier molecular flexibility index (Phi) is 5.73. The molecular formula is C20H21FN6O2. The van der Waals surface area contributed by atoms with E-state index in [0.29, 0.717) is 43.5 Å². The number of carbonyl (C=O) groups excluding carboxylic acids is 1. The van der Waals surface area contributed by atoms with Gasteiger partial charge in [-0.2, -0.15) is 4.98 Å². The number of carbonyl (C=O) groups is 1. The fourth-order valence-electron chi connectivity index (χ4n) is 3.41. The molecule has 1 aromatic carbocycles. The highest BCUT2D eigenvalue weighted by atomic mass is 19.1. The maximum atomic E-state index is 13.0. The number of piperidine rings is 1. The molecular weight excluding hydrogens is 375 g/mol. The number of hydrogen-bond acceptors (Lipinski definition) is 6. The zero-order chi connectivity index (χ0) is 20.1. The molecule has 0 unspecified atom stereocenters. The second-order valence-electron chi connectivity index (χ2n) is 7.05. The lowest BCUT2D eigenvalue weighted by Gasteiger charge is -2.32. The zero-order valence-electron chi connectivity index (χ0n) is 15.8. The van der Waals surface area contributed by atoms with Crippen LogP contribution in [0.25, 0.3) is 11.5 Å². The Balaban J connectivity index is 1.30. The smallest absolute Gasteiger partial charge is 0.317 e. The van der Waals surface area contributed by atoms with Crippen molar-refractivity contribution in [2.75, 3.05) is 13.1 Å². The maximum Gasteiger partial charge on any atom is 0.317 e. The average Bonchev–Trinajstić information content (AvgIpc) is 3.22. The van der Waals surface area contributed by atoms with Crippen LogP contribution in [0.5, 0.6) is 0 Å². The predicted molar refractivity (Wildman–Crippen MR) is 102 cm³/mol. The summed E-state index contributed by atoms with van der Waals surface area (Å²) in [4.78, 5) is 26.9. The molecule has 0 spiro atoms. The number of aromatic nitrogens is 4. The molecule has 1 fully saturated rings. The summed E-state index contributed by atoms with van der Waals surface area (Å²) in [6.45, 7) is 1.70. The number of rotatable bonds is 5. The topological polar surface area (TPSA) is 97.0 Å². The number of benzene rings is 1. The van der Waals surface area contributed by atoms with Gasteiger partial charge in [-0.3, -0.25) is 4.98 Å². The lowest BCUT2D eigenvalue weighted by atomic mass is 9.95. The highest BCUT2D eigenvalue weighted by molar-refractivity contribution is 5.74. The number of halogens is 1. The Bertz CT molecular complexity index is 947. The van der Waals surface area contributed by atoms with E-state index in [-0.39, 0.29) is 17.8 Å². The van der Waals surface area contributed by atoms with E-state index in [1.54, 1.807) is 35.6 Å². The number of nitrogens with one attached hydrogen (secondary N) is 1. The maximum absolute atomic E-state index is 13.0. The summed E-state index contributed by atoms with van der Waals surface area (Å²) in [5.74, 6) is 0.903. The number of amides is 2. The third-order valence-electron chi connectivity index (χ3n) is 4.89. The molecule has 0 radical (unpaired) electrons. The van der Waals surface area contributed by atoms with E-state index < -0.39 is 0 Å². The molecule has 3 heterocycles. The first-order valence-corrected chi connectivity index (χ1v) is 9.53. The van der Waals surface area contributed by atoms with Crippen LogP contribution < -0.4 is 5.32 Å². The van der Waals surface area contributed by atoms with Gasteiger partial charge in [0.15, 0.2) is 0 Å². The van der Waals surface area contributed by atoms with Crippen molar-refractivity contribution in [3.05, 3.63) is 60.1 Å². The summed E-state index contributed by atoms with van der Waals surface area (Å²) in [5, 5.41) is 6.86. The van der Waals surface area contributed by atoms with Crippen LogP contribution in [0.1, 0.15) is 24.3 Å². The number of nitrogens with zero attached hydrogens (tertiary/aromatic N) is 5. The molecule has 1 aliphatic heterocycles. The van der Waals surface area contributed by atoms with E-state index in [1.807, 2.05) is 0 Å². The van der Waals surface area contributed by atoms with Gasteiger partial charge >= 0.3 is 6.03 Å². The van der Waals surface area contributed by atoms with Crippen molar-refractivity contribution < 1.29 is 13.7 Å². The van der Waals surface area contributed by atoms with Crippen LogP contribution in [0.2, 0.25) is 0 Å². The third-order valence-corrected chi connectivity index (χ3v) is 4.89. The van der Waals surface area contributed by atoms with Gasteiger partial charge in [-0.15, -0.1) is 0 Å². The van der Waals surface area contributed by atoms with E-state index in [4.69, 9.17) is 4.52 Å². The fourth-order valence-corrected chi connectivity index (χ4v) is 3.41. The van der Waals surface area contributed by atoms with E-state index in [0.717, 1.165) is 18.4 Å². The van der Waals surface area contributed by atoms with Gasteiger partial charge in [0.25, 0.3) is 0 Å². The molecule has 4 rings (SSSR count). The second-order valence-corrected chi connectivity index (χ2v) is 7.05. The van der Waals surface area contributed by atoms with E-state index in [1.165, 1.54) is 12.1 Å². The van der Waals surface area contributed by atoms with Crippen LogP contribution in [0.3, 0.4) is 0 Å². The third kappa shape index (κ3) is 4.92. The Morgan fingerprint density at radius 2 is 2.14 bits per heavy atom. The molecule has 29 heavy (non-hydrogen) atoms. The minimum Gasteiger partial charge on any atom is -0.339 e. The normalized spacial score (nSPS) is 16.6. The molecule has 1 N–H and O–H groups in total. The summed E-state index contributed by atoms with van der Waals surface area (Å²) in [6.07, 6.45) is 7.26. The van der Waals surface area contributed by atoms with Gasteiger partial charge in [0, 0.05) is 38.4 Å². The van der Waals surface area contributed by atoms with Crippen LogP contribution in [0.15, 0.2) is 47.4 Å². The molecule has 1 atom stereocenters. The quantitative estimate of drug-likeness (QED) is 0.712. The molecule has 9 heteroatoms. The minimum atomic E-state index is -0.289. The molecule has 1 saturated heterocycles. The molecule has 3 aromatic rings. The van der Waals surface area contributed by atoms with Crippen LogP contribution >= 0.6 is 0 Å². The molecule has 0 saturated carbocycles. The highest BCUT2D eigenvalue weighted by Crippen LogP contribution is 2.21. The minimum absolute atomic E-state index is 0.121. The lowest BCUT2D eigenvalue weighted by molar-refractivity contribution is 0.161. The standard InChI is InChI=1S/C20H21FN6O2/c21-16-5-3-14(4-6-16)11-24-20(28)27-9-1-2-15(13-27)10-18-25-19(26-29-18)17-12-22-7-8-23-17/h3-8,12,15H,1-2,9-11,13H2,(H,24,28)/t15-/m1/s1. The molecule has 8 nitrogen and oxygen atoms in total. The van der Waals surface area contributed by atoms with Crippen LogP contribution in [-0.4, -0.2) is 44.1 Å². The number of urea groups is 1. The molecule has 0 bridgehead atoms. The van der Waals surface area contributed by atoms with E-state index in [9.17, 15) is 9.18 Å². The molecule has 2 amide bonds. The Morgan fingerprint density at radius 3 is 2.93 bits per heavy atom. The summed E-state index contributed by atoms with van der Waals surface area (Å²) in [7, 11) is 0. The van der Waals surface area contributed by atoms with E-state index >= 15 is 0 Å². The van der Waals surface area contributed by atoms with Crippen molar-refractivity contribution in [2.24, 2.45) is 5.92 Å². The lowest BCUT2D eigenvalue weighted by Crippen LogP contribution is -2.45. The van der Waals surface area contributed by atoms with Gasteiger partial charge in [-0.05, 0) is 36.5 Å². The Labute approximate surface area is 167 Å². The molecule has 2 aromatic heterocycles. The average molecular weight is 396 g/mol. The Morgan fingerprint density at radius 1 is 1.28 bits per heavy atom. The summed E-state index contributed by atoms with van der Waals surface area (Å²) >= 11 is 0. The predicted octanol–water partition coefficient (Wildman–Crippen LogP) is 2.83. The van der Waals surface area contributed by atoms with Crippen molar-refractivity contribution in [2.45, 2.75) is 25.8 Å². The second kappa shape index (κ2) is 8.76. The summed E-state index contributed by atoms with van der Waals surface area (Å²) in [5.41, 5.74) is 1.42. The van der Waals surface area contributed by atoms with Crippen molar-refractivity contribution in [1.82, 2.24) is 30.3 Å². The first kappa shape index (κ1) is 19.0. The van der Waals surface area contributed by atoms with Crippen LogP contribution in [0.4, 0.5) is 9.18 Å². The molecule has 0 aliphatic carbocycles. The number of likely N-dealkylation sites (tertiary alicyclic amines) is 1. The number of hydrogen-bond donors (Lipinski definition) is 1. The van der Waals surface area contributed by atoms with Crippen molar-refractivity contribution in [1.29, 1.82) is 0 Å². The zero-order valence-corrected chi connectivity index (χ0v) is 15.8. The SMILES string of the molecule is O=C(NCc1ccc(F)cc1)N1CCC[C@H](Cc2nc(-c3cnccn3)no2)C1. The largest absolute Gasteiger partial charge is 0.339 e. The monoisotopic (exact) mass is 396 g/mol. The van der Waals surface area contributed by atoms with Crippen molar-refractivity contribution in [3.63, 3.8) is 0 Å². The molecule has 150 valence electrons. The summed E-state index contributed by atoms with van der Waals surface area (Å²) in [6, 6.07) is 5.98. The van der Waals surface area contributed by atoms with Gasteiger partial charge in [-0.25, -0.2) is 14.2 Å². The Hall–Kier alpha value is -3.36. The van der Waals surface area contributed by atoms with Crippen molar-refractivity contribution in [3.8, 4) is 11.5 Å². The van der Waals surface area contributed by atoms with Gasteiger partial charge in [0.05, 0.1) is 6.20 Å². The van der Waals surface area contributed by atoms with E-state index in [2.05, 4.69) is 25.4 Å². The highest BCUT2D eigenvalue weighted by Gasteiger charge is 2.25. The van der Waals surface area contributed by atoms with Crippen molar-refractivity contribution >= 4 is 6.03 Å². The van der Waals surface area contributed by atoms with Gasteiger partial charge in [-0.1, -0.05) is 17.3 Å². The van der Waals surface area contributed by atoms with Gasteiger partial charge in [0.1, 0.15) is 11.5 Å². The van der Waals surface area contributed by atoms with Gasteiger partial charge in [0.2, 0.25) is 11.7 Å². The first-order chi connectivity index (χ1) is 14.2. The van der Waals surface area contributed by atoms with Crippen LogP contribution in [0, 0.1) is 11.7 Å². The fraction of sp³-hybridized carbons (Fsp3) is 0.350. The molecule has 1 aliphatic rings. The summed E-state index contributed by atoms with van der Waals surface area (Å²) < 4.78 is 18.3. The van der Waals surface area contributed by atoms with Crippen LogP contribution in [-0.2, 0) is 13.0 Å².